The van der Waals surface area contributed by atoms with Crippen molar-refractivity contribution in [3.63, 3.8) is 0 Å². The average Bonchev–Trinajstić information content (AvgIpc) is 2.86. The summed E-state index contributed by atoms with van der Waals surface area (Å²) in [5, 5.41) is 0. The average molecular weight is 281 g/mol. The number of ether oxygens (including phenoxy) is 1. The standard InChI is InChI=1S/C16H15N3O2/c1-21-12-8-6-11(7-9-12)16-18-13-4-2-3-5-14(13)19(16)10-15(17)20/h2-9H,10H2,1H3,(H2,17,20). The maximum Gasteiger partial charge on any atom is 0.237 e. The molecule has 5 nitrogen and oxygen atoms in total. The van der Waals surface area contributed by atoms with E-state index in [-0.39, 0.29) is 6.54 Å². The van der Waals surface area contributed by atoms with Crippen molar-refractivity contribution in [2.45, 2.75) is 6.54 Å². The van der Waals surface area contributed by atoms with E-state index in [1.165, 1.54) is 0 Å². The molecule has 2 aromatic carbocycles. The molecule has 21 heavy (non-hydrogen) atoms. The Morgan fingerprint density at radius 2 is 1.90 bits per heavy atom. The van der Waals surface area contributed by atoms with E-state index in [0.29, 0.717) is 0 Å². The molecule has 0 aliphatic heterocycles. The molecule has 1 aromatic heterocycles. The number of methoxy groups -OCH3 is 1. The third-order valence-electron chi connectivity index (χ3n) is 3.32. The van der Waals surface area contributed by atoms with Gasteiger partial charge in [-0.25, -0.2) is 4.98 Å². The van der Waals surface area contributed by atoms with Crippen LogP contribution in [0.3, 0.4) is 0 Å². The molecule has 0 spiro atoms. The first-order chi connectivity index (χ1) is 10.2. The largest absolute Gasteiger partial charge is 0.497 e. The lowest BCUT2D eigenvalue weighted by atomic mass is 10.2. The van der Waals surface area contributed by atoms with Gasteiger partial charge in [-0.15, -0.1) is 0 Å². The number of primary amides is 1. The summed E-state index contributed by atoms with van der Waals surface area (Å²) in [5.41, 5.74) is 8.00. The van der Waals surface area contributed by atoms with Crippen LogP contribution >= 0.6 is 0 Å². The molecule has 0 unspecified atom stereocenters. The minimum Gasteiger partial charge on any atom is -0.497 e. The fourth-order valence-corrected chi connectivity index (χ4v) is 2.35. The van der Waals surface area contributed by atoms with E-state index in [4.69, 9.17) is 10.5 Å². The number of fused-ring (bicyclic) bond motifs is 1. The lowest BCUT2D eigenvalue weighted by molar-refractivity contribution is -0.118. The van der Waals surface area contributed by atoms with Gasteiger partial charge in [0.25, 0.3) is 0 Å². The van der Waals surface area contributed by atoms with Crippen LogP contribution in [0.5, 0.6) is 5.75 Å². The Labute approximate surface area is 122 Å². The number of aromatic nitrogens is 2. The molecule has 5 heteroatoms. The molecule has 0 aliphatic carbocycles. The zero-order valence-corrected chi connectivity index (χ0v) is 11.6. The number of nitrogens with two attached hydrogens (primary N) is 1. The molecule has 1 amide bonds. The van der Waals surface area contributed by atoms with Crippen LogP contribution in [0.2, 0.25) is 0 Å². The number of hydrogen-bond donors (Lipinski definition) is 1. The predicted octanol–water partition coefficient (Wildman–Crippen LogP) is 2.20. The van der Waals surface area contributed by atoms with Crippen LogP contribution in [-0.4, -0.2) is 22.6 Å². The summed E-state index contributed by atoms with van der Waals surface area (Å²) in [6.07, 6.45) is 0. The van der Waals surface area contributed by atoms with Crippen LogP contribution in [0.4, 0.5) is 0 Å². The summed E-state index contributed by atoms with van der Waals surface area (Å²) in [4.78, 5) is 16.0. The van der Waals surface area contributed by atoms with E-state index < -0.39 is 5.91 Å². The summed E-state index contributed by atoms with van der Waals surface area (Å²) in [5.74, 6) is 1.10. The van der Waals surface area contributed by atoms with Crippen LogP contribution < -0.4 is 10.5 Å². The van der Waals surface area contributed by atoms with Crippen molar-refractivity contribution in [2.24, 2.45) is 5.73 Å². The first kappa shape index (κ1) is 13.2. The second kappa shape index (κ2) is 5.28. The van der Waals surface area contributed by atoms with E-state index >= 15 is 0 Å². The van der Waals surface area contributed by atoms with E-state index in [2.05, 4.69) is 4.98 Å². The fraction of sp³-hybridized carbons (Fsp3) is 0.125. The van der Waals surface area contributed by atoms with Gasteiger partial charge in [0.05, 0.1) is 18.1 Å². The molecule has 2 N–H and O–H groups in total. The lowest BCUT2D eigenvalue weighted by Gasteiger charge is -2.07. The third-order valence-corrected chi connectivity index (χ3v) is 3.32. The van der Waals surface area contributed by atoms with Gasteiger partial charge in [0.1, 0.15) is 18.1 Å². The zero-order valence-electron chi connectivity index (χ0n) is 11.6. The van der Waals surface area contributed by atoms with Crippen molar-refractivity contribution < 1.29 is 9.53 Å². The molecular formula is C16H15N3O2. The lowest BCUT2D eigenvalue weighted by Crippen LogP contribution is -2.19. The maximum atomic E-state index is 11.3. The number of rotatable bonds is 4. The van der Waals surface area contributed by atoms with Gasteiger partial charge >= 0.3 is 0 Å². The third kappa shape index (κ3) is 2.45. The summed E-state index contributed by atoms with van der Waals surface area (Å²) in [7, 11) is 1.62. The Bertz CT molecular complexity index is 791. The van der Waals surface area contributed by atoms with E-state index in [0.717, 1.165) is 28.2 Å². The van der Waals surface area contributed by atoms with Gasteiger partial charge in [-0.2, -0.15) is 0 Å². The normalized spacial score (nSPS) is 10.7. The topological polar surface area (TPSA) is 70.1 Å². The summed E-state index contributed by atoms with van der Waals surface area (Å²) in [6, 6.07) is 15.2. The highest BCUT2D eigenvalue weighted by atomic mass is 16.5. The highest BCUT2D eigenvalue weighted by Gasteiger charge is 2.13. The SMILES string of the molecule is COc1ccc(-c2nc3ccccc3n2CC(N)=O)cc1. The van der Waals surface area contributed by atoms with Gasteiger partial charge in [-0.1, -0.05) is 12.1 Å². The molecular weight excluding hydrogens is 266 g/mol. The van der Waals surface area contributed by atoms with Crippen molar-refractivity contribution in [3.05, 3.63) is 48.5 Å². The highest BCUT2D eigenvalue weighted by molar-refractivity contribution is 5.84. The summed E-state index contributed by atoms with van der Waals surface area (Å²) >= 11 is 0. The molecule has 1 heterocycles. The quantitative estimate of drug-likeness (QED) is 0.797. The van der Waals surface area contributed by atoms with Crippen molar-refractivity contribution in [2.75, 3.05) is 7.11 Å². The summed E-state index contributed by atoms with van der Waals surface area (Å²) < 4.78 is 6.99. The Hall–Kier alpha value is -2.82. The Morgan fingerprint density at radius 3 is 2.57 bits per heavy atom. The molecule has 0 saturated heterocycles. The second-order valence-corrected chi connectivity index (χ2v) is 4.71. The minimum absolute atomic E-state index is 0.0991. The molecule has 0 atom stereocenters. The number of amides is 1. The van der Waals surface area contributed by atoms with Crippen molar-refractivity contribution in [3.8, 4) is 17.1 Å². The smallest absolute Gasteiger partial charge is 0.237 e. The van der Waals surface area contributed by atoms with Crippen molar-refractivity contribution >= 4 is 16.9 Å². The molecule has 0 aliphatic rings. The summed E-state index contributed by atoms with van der Waals surface area (Å²) in [6.45, 7) is 0.0991. The molecule has 0 saturated carbocycles. The first-order valence-corrected chi connectivity index (χ1v) is 6.57. The van der Waals surface area contributed by atoms with Crippen LogP contribution in [-0.2, 0) is 11.3 Å². The second-order valence-electron chi connectivity index (χ2n) is 4.71. The van der Waals surface area contributed by atoms with Crippen LogP contribution in [0, 0.1) is 0 Å². The molecule has 0 fully saturated rings. The van der Waals surface area contributed by atoms with Gasteiger partial charge in [0.2, 0.25) is 5.91 Å². The minimum atomic E-state index is -0.395. The number of nitrogens with zero attached hydrogens (tertiary/aromatic N) is 2. The Kier molecular flexibility index (Phi) is 3.31. The number of imidazole rings is 1. The Balaban J connectivity index is 2.17. The number of carbonyl (C=O) groups is 1. The maximum absolute atomic E-state index is 11.3. The van der Waals surface area contributed by atoms with Gasteiger partial charge in [-0.3, -0.25) is 4.79 Å². The molecule has 3 rings (SSSR count). The van der Waals surface area contributed by atoms with Gasteiger partial charge < -0.3 is 15.0 Å². The number of hydrogen-bond acceptors (Lipinski definition) is 3. The molecule has 0 radical (unpaired) electrons. The predicted molar refractivity (Wildman–Crippen MR) is 80.9 cm³/mol. The Morgan fingerprint density at radius 1 is 1.19 bits per heavy atom. The molecule has 106 valence electrons. The van der Waals surface area contributed by atoms with Gasteiger partial charge in [-0.05, 0) is 36.4 Å². The molecule has 3 aromatic rings. The van der Waals surface area contributed by atoms with Crippen molar-refractivity contribution in [1.29, 1.82) is 0 Å². The number of para-hydroxylation sites is 2. The fourth-order valence-electron chi connectivity index (χ4n) is 2.35. The number of benzene rings is 2. The monoisotopic (exact) mass is 281 g/mol. The molecule has 0 bridgehead atoms. The van der Waals surface area contributed by atoms with Gasteiger partial charge in [0, 0.05) is 5.56 Å². The van der Waals surface area contributed by atoms with Crippen molar-refractivity contribution in [1.82, 2.24) is 9.55 Å². The van der Waals surface area contributed by atoms with Crippen LogP contribution in [0.15, 0.2) is 48.5 Å². The highest BCUT2D eigenvalue weighted by Crippen LogP contribution is 2.26. The van der Waals surface area contributed by atoms with E-state index in [1.54, 1.807) is 7.11 Å². The zero-order chi connectivity index (χ0) is 14.8. The van der Waals surface area contributed by atoms with E-state index in [1.807, 2.05) is 53.1 Å². The number of carbonyl (C=O) groups excluding carboxylic acids is 1. The van der Waals surface area contributed by atoms with E-state index in [9.17, 15) is 4.79 Å². The van der Waals surface area contributed by atoms with Gasteiger partial charge in [0.15, 0.2) is 0 Å². The van der Waals surface area contributed by atoms with Crippen LogP contribution in [0.25, 0.3) is 22.4 Å². The van der Waals surface area contributed by atoms with Crippen LogP contribution in [0.1, 0.15) is 0 Å². The first-order valence-electron chi connectivity index (χ1n) is 6.57.